The number of nitrogens with zero attached hydrogens (tertiary/aromatic N) is 3. The highest BCUT2D eigenvalue weighted by atomic mass is 32.2. The van der Waals surface area contributed by atoms with Crippen molar-refractivity contribution in [1.29, 1.82) is 5.26 Å². The fourth-order valence-corrected chi connectivity index (χ4v) is 3.77. The van der Waals surface area contributed by atoms with Crippen molar-refractivity contribution in [1.82, 2.24) is 9.97 Å². The van der Waals surface area contributed by atoms with Crippen molar-refractivity contribution in [3.63, 3.8) is 0 Å². The van der Waals surface area contributed by atoms with Crippen molar-refractivity contribution in [3.05, 3.63) is 60.7 Å². The van der Waals surface area contributed by atoms with Gasteiger partial charge in [-0.15, -0.1) is 0 Å². The summed E-state index contributed by atoms with van der Waals surface area (Å²) in [7, 11) is 0. The molecule has 2 N–H and O–H groups in total. The van der Waals surface area contributed by atoms with Crippen molar-refractivity contribution in [3.8, 4) is 28.5 Å². The summed E-state index contributed by atoms with van der Waals surface area (Å²) in [5.41, 5.74) is 7.37. The van der Waals surface area contributed by atoms with Crippen LogP contribution in [0.5, 0.6) is 0 Å². The number of hydrogen-bond acceptors (Lipinski definition) is 5. The van der Waals surface area contributed by atoms with E-state index >= 15 is 0 Å². The summed E-state index contributed by atoms with van der Waals surface area (Å²) in [4.78, 5) is 8.51. The molecule has 0 aliphatic carbocycles. The van der Waals surface area contributed by atoms with E-state index in [1.165, 1.54) is 18.5 Å². The largest absolute Gasteiger partial charge is 0.610 e. The molecule has 0 aliphatic heterocycles. The van der Waals surface area contributed by atoms with Gasteiger partial charge >= 0.3 is 0 Å². The number of rotatable bonds is 4. The summed E-state index contributed by atoms with van der Waals surface area (Å²) >= 11 is -1.58. The van der Waals surface area contributed by atoms with E-state index in [4.69, 9.17) is 5.73 Å². The molecule has 136 valence electrons. The Hall–Kier alpha value is -2.95. The Morgan fingerprint density at radius 3 is 2.48 bits per heavy atom. The Balaban J connectivity index is 2.05. The molecule has 0 spiro atoms. The first-order valence-electron chi connectivity index (χ1n) is 8.13. The van der Waals surface area contributed by atoms with Crippen LogP contribution < -0.4 is 5.73 Å². The number of aromatic nitrogens is 2. The third-order valence-electron chi connectivity index (χ3n) is 4.05. The van der Waals surface area contributed by atoms with Gasteiger partial charge in [0.25, 0.3) is 0 Å². The molecule has 3 aromatic rings. The molecule has 0 amide bonds. The minimum Gasteiger partial charge on any atom is -0.610 e. The Bertz CT molecular complexity index is 1020. The first kappa shape index (κ1) is 18.8. The van der Waals surface area contributed by atoms with Crippen LogP contribution in [0.15, 0.2) is 59.8 Å². The van der Waals surface area contributed by atoms with Gasteiger partial charge in [-0.25, -0.2) is 9.37 Å². The summed E-state index contributed by atoms with van der Waals surface area (Å²) in [5, 5.41) is 9.29. The van der Waals surface area contributed by atoms with Gasteiger partial charge < -0.3 is 10.3 Å². The average Bonchev–Trinajstić information content (AvgIpc) is 2.68. The standard InChI is InChI=1S/C20H17FN4OS/c1-20(2,12-22)27(26)18-6-4-3-5-14(18)13-7-8-15(16(21)9-13)17-10-25-19(23)11-24-17/h3-11H,1-2H3,(H2,23,25). The number of anilines is 1. The smallest absolute Gasteiger partial charge is 0.209 e. The second-order valence-corrected chi connectivity index (χ2v) is 8.41. The van der Waals surface area contributed by atoms with Crippen LogP contribution in [0.4, 0.5) is 10.2 Å². The third kappa shape index (κ3) is 3.77. The number of nitrogens with two attached hydrogens (primary N) is 1. The topological polar surface area (TPSA) is 98.6 Å². The van der Waals surface area contributed by atoms with E-state index in [1.807, 2.05) is 0 Å². The fraction of sp³-hybridized carbons (Fsp3) is 0.150. The zero-order valence-electron chi connectivity index (χ0n) is 14.8. The molecule has 1 atom stereocenters. The quantitative estimate of drug-likeness (QED) is 0.691. The first-order chi connectivity index (χ1) is 12.8. The van der Waals surface area contributed by atoms with Crippen molar-refractivity contribution >= 4 is 17.0 Å². The molecule has 0 bridgehead atoms. The first-order valence-corrected chi connectivity index (χ1v) is 9.28. The van der Waals surface area contributed by atoms with Crippen LogP contribution >= 0.6 is 0 Å². The van der Waals surface area contributed by atoms with Gasteiger partial charge in [0.15, 0.2) is 4.90 Å². The molecule has 3 rings (SSSR count). The zero-order chi connectivity index (χ0) is 19.6. The van der Waals surface area contributed by atoms with Crippen LogP contribution in [0, 0.1) is 17.1 Å². The number of nitrogen functional groups attached to an aromatic ring is 1. The van der Waals surface area contributed by atoms with E-state index in [0.717, 1.165) is 0 Å². The fourth-order valence-electron chi connectivity index (χ4n) is 2.55. The van der Waals surface area contributed by atoms with Crippen molar-refractivity contribution in [2.24, 2.45) is 0 Å². The molecule has 1 unspecified atom stereocenters. The number of halogens is 1. The lowest BCUT2D eigenvalue weighted by Gasteiger charge is -2.23. The molecule has 1 heterocycles. The minimum absolute atomic E-state index is 0.257. The summed E-state index contributed by atoms with van der Waals surface area (Å²) in [6.07, 6.45) is 2.77. The molecule has 0 saturated carbocycles. The average molecular weight is 380 g/mol. The number of benzene rings is 2. The molecule has 7 heteroatoms. The van der Waals surface area contributed by atoms with E-state index in [-0.39, 0.29) is 5.82 Å². The number of nitriles is 1. The summed E-state index contributed by atoms with van der Waals surface area (Å²) in [6, 6.07) is 13.7. The summed E-state index contributed by atoms with van der Waals surface area (Å²) in [6.45, 7) is 3.23. The predicted molar refractivity (Wildman–Crippen MR) is 103 cm³/mol. The van der Waals surface area contributed by atoms with E-state index in [2.05, 4.69) is 16.0 Å². The second kappa shape index (κ2) is 7.35. The summed E-state index contributed by atoms with van der Waals surface area (Å²) < 4.78 is 26.5. The SMILES string of the molecule is CC(C)(C#N)[S+]([O-])c1ccccc1-c1ccc(-c2cnc(N)cn2)c(F)c1. The Labute approximate surface area is 159 Å². The molecule has 0 saturated heterocycles. The highest BCUT2D eigenvalue weighted by molar-refractivity contribution is 7.93. The summed E-state index contributed by atoms with van der Waals surface area (Å²) in [5.74, 6) is -0.223. The Morgan fingerprint density at radius 1 is 1.11 bits per heavy atom. The minimum atomic E-state index is -1.58. The van der Waals surface area contributed by atoms with Gasteiger partial charge in [-0.3, -0.25) is 4.98 Å². The predicted octanol–water partition coefficient (Wildman–Crippen LogP) is 3.94. The van der Waals surface area contributed by atoms with Gasteiger partial charge in [0.1, 0.15) is 17.7 Å². The molecule has 0 aliphatic rings. The number of hydrogen-bond donors (Lipinski definition) is 1. The van der Waals surface area contributed by atoms with E-state index in [9.17, 15) is 14.2 Å². The molecular formula is C20H17FN4OS. The van der Waals surface area contributed by atoms with Crippen LogP contribution in [0.1, 0.15) is 13.8 Å². The Morgan fingerprint density at radius 2 is 1.85 bits per heavy atom. The molecule has 5 nitrogen and oxygen atoms in total. The highest BCUT2D eigenvalue weighted by Crippen LogP contribution is 2.35. The van der Waals surface area contributed by atoms with E-state index in [0.29, 0.717) is 27.3 Å². The lowest BCUT2D eigenvalue weighted by molar-refractivity contribution is 0.573. The molecule has 1 aromatic heterocycles. The van der Waals surface area contributed by atoms with Gasteiger partial charge in [0.2, 0.25) is 4.75 Å². The maximum Gasteiger partial charge on any atom is 0.209 e. The van der Waals surface area contributed by atoms with Crippen LogP contribution in [0.2, 0.25) is 0 Å². The second-order valence-electron chi connectivity index (χ2n) is 6.41. The maximum atomic E-state index is 14.7. The molecule has 0 fully saturated rings. The molecule has 0 radical (unpaired) electrons. The Kier molecular flexibility index (Phi) is 5.13. The highest BCUT2D eigenvalue weighted by Gasteiger charge is 2.35. The normalized spacial score (nSPS) is 12.4. The van der Waals surface area contributed by atoms with Crippen LogP contribution in [-0.4, -0.2) is 19.3 Å². The molecule has 2 aromatic carbocycles. The van der Waals surface area contributed by atoms with Gasteiger partial charge in [0, 0.05) is 36.2 Å². The zero-order valence-corrected chi connectivity index (χ0v) is 15.6. The van der Waals surface area contributed by atoms with Crippen LogP contribution in [-0.2, 0) is 11.2 Å². The van der Waals surface area contributed by atoms with Gasteiger partial charge in [0.05, 0.1) is 18.1 Å². The molecular weight excluding hydrogens is 363 g/mol. The van der Waals surface area contributed by atoms with Gasteiger partial charge in [-0.1, -0.05) is 18.2 Å². The van der Waals surface area contributed by atoms with Crippen LogP contribution in [0.3, 0.4) is 0 Å². The monoisotopic (exact) mass is 380 g/mol. The van der Waals surface area contributed by atoms with Gasteiger partial charge in [-0.05, 0) is 29.8 Å². The van der Waals surface area contributed by atoms with Crippen molar-refractivity contribution in [2.75, 3.05) is 5.73 Å². The van der Waals surface area contributed by atoms with E-state index < -0.39 is 21.7 Å². The maximum absolute atomic E-state index is 14.7. The third-order valence-corrected chi connectivity index (χ3v) is 5.82. The lowest BCUT2D eigenvalue weighted by Crippen LogP contribution is -2.30. The lowest BCUT2D eigenvalue weighted by atomic mass is 10.0. The van der Waals surface area contributed by atoms with Gasteiger partial charge in [-0.2, -0.15) is 5.26 Å². The van der Waals surface area contributed by atoms with Crippen LogP contribution in [0.25, 0.3) is 22.4 Å². The molecule has 27 heavy (non-hydrogen) atoms. The van der Waals surface area contributed by atoms with E-state index in [1.54, 1.807) is 50.2 Å². The van der Waals surface area contributed by atoms with Crippen molar-refractivity contribution in [2.45, 2.75) is 23.5 Å². The van der Waals surface area contributed by atoms with Crippen molar-refractivity contribution < 1.29 is 8.94 Å².